The minimum Gasteiger partial charge on any atom is -0.393 e. The third kappa shape index (κ3) is 4.22. The Morgan fingerprint density at radius 1 is 1.17 bits per heavy atom. The van der Waals surface area contributed by atoms with E-state index in [2.05, 4.69) is 24.1 Å². The molecule has 18 heavy (non-hydrogen) atoms. The van der Waals surface area contributed by atoms with Gasteiger partial charge in [0.15, 0.2) is 0 Å². The molecule has 2 fully saturated rings. The molecule has 1 saturated heterocycles. The molecule has 3 unspecified atom stereocenters. The summed E-state index contributed by atoms with van der Waals surface area (Å²) >= 11 is 0. The molecular weight excluding hydrogens is 224 g/mol. The first-order valence-electron chi connectivity index (χ1n) is 7.80. The Labute approximate surface area is 112 Å². The van der Waals surface area contributed by atoms with Gasteiger partial charge in [-0.05, 0) is 77.9 Å². The highest BCUT2D eigenvalue weighted by molar-refractivity contribution is 4.80. The maximum absolute atomic E-state index is 9.54. The molecule has 0 aromatic heterocycles. The third-order valence-electron chi connectivity index (χ3n) is 4.70. The van der Waals surface area contributed by atoms with Crippen molar-refractivity contribution in [2.75, 3.05) is 19.6 Å². The fourth-order valence-corrected chi connectivity index (χ4v) is 3.41. The summed E-state index contributed by atoms with van der Waals surface area (Å²) in [6.45, 7) is 8.21. The summed E-state index contributed by atoms with van der Waals surface area (Å²) in [7, 11) is 0. The molecule has 1 saturated carbocycles. The van der Waals surface area contributed by atoms with Crippen LogP contribution >= 0.6 is 0 Å². The Bertz CT molecular complexity index is 245. The molecule has 0 aromatic carbocycles. The molecule has 2 rings (SSSR count). The second-order valence-electron chi connectivity index (χ2n) is 6.50. The molecule has 106 valence electrons. The molecule has 0 aromatic rings. The Kier molecular flexibility index (Phi) is 5.46. The third-order valence-corrected chi connectivity index (χ3v) is 4.70. The van der Waals surface area contributed by atoms with E-state index in [1.165, 1.54) is 38.8 Å². The molecule has 0 bridgehead atoms. The maximum Gasteiger partial charge on any atom is 0.0543 e. The normalized spacial score (nSPS) is 35.0. The van der Waals surface area contributed by atoms with Gasteiger partial charge in [-0.1, -0.05) is 0 Å². The summed E-state index contributed by atoms with van der Waals surface area (Å²) in [5.74, 6) is 0.712. The lowest BCUT2D eigenvalue weighted by Gasteiger charge is -2.24. The highest BCUT2D eigenvalue weighted by Gasteiger charge is 2.24. The van der Waals surface area contributed by atoms with E-state index in [1.54, 1.807) is 0 Å². The number of rotatable bonds is 4. The molecule has 0 radical (unpaired) electrons. The number of likely N-dealkylation sites (tertiary alicyclic amines) is 1. The SMILES string of the molecule is CC(C)N1CCCC(NCC2CCC(O)C2)CC1. The number of hydrogen-bond donors (Lipinski definition) is 2. The van der Waals surface area contributed by atoms with Gasteiger partial charge in [0, 0.05) is 12.1 Å². The van der Waals surface area contributed by atoms with Crippen LogP contribution in [-0.4, -0.2) is 47.8 Å². The van der Waals surface area contributed by atoms with E-state index in [0.29, 0.717) is 18.0 Å². The van der Waals surface area contributed by atoms with Gasteiger partial charge < -0.3 is 15.3 Å². The summed E-state index contributed by atoms with van der Waals surface area (Å²) < 4.78 is 0. The van der Waals surface area contributed by atoms with E-state index in [9.17, 15) is 5.11 Å². The first-order valence-corrected chi connectivity index (χ1v) is 7.80. The summed E-state index contributed by atoms with van der Waals surface area (Å²) in [5, 5.41) is 13.3. The second kappa shape index (κ2) is 6.88. The Morgan fingerprint density at radius 2 is 2.00 bits per heavy atom. The summed E-state index contributed by atoms with van der Waals surface area (Å²) in [4.78, 5) is 2.60. The molecule has 0 spiro atoms. The fraction of sp³-hybridized carbons (Fsp3) is 1.00. The first kappa shape index (κ1) is 14.3. The Morgan fingerprint density at radius 3 is 2.67 bits per heavy atom. The predicted octanol–water partition coefficient (Wildman–Crippen LogP) is 2.00. The summed E-state index contributed by atoms with van der Waals surface area (Å²) in [5.41, 5.74) is 0. The zero-order chi connectivity index (χ0) is 13.0. The quantitative estimate of drug-likeness (QED) is 0.805. The topological polar surface area (TPSA) is 35.5 Å². The van der Waals surface area contributed by atoms with Crippen molar-refractivity contribution in [2.24, 2.45) is 5.92 Å². The first-order chi connectivity index (χ1) is 8.65. The van der Waals surface area contributed by atoms with Crippen LogP contribution in [0.4, 0.5) is 0 Å². The average molecular weight is 254 g/mol. The lowest BCUT2D eigenvalue weighted by molar-refractivity contribution is 0.177. The monoisotopic (exact) mass is 254 g/mol. The van der Waals surface area contributed by atoms with E-state index >= 15 is 0 Å². The van der Waals surface area contributed by atoms with Gasteiger partial charge in [-0.3, -0.25) is 0 Å². The van der Waals surface area contributed by atoms with Crippen molar-refractivity contribution in [2.45, 2.75) is 70.6 Å². The van der Waals surface area contributed by atoms with Crippen LogP contribution in [0.5, 0.6) is 0 Å². The van der Waals surface area contributed by atoms with E-state index in [0.717, 1.165) is 19.4 Å². The number of hydrogen-bond acceptors (Lipinski definition) is 3. The largest absolute Gasteiger partial charge is 0.393 e. The molecule has 1 heterocycles. The van der Waals surface area contributed by atoms with E-state index < -0.39 is 0 Å². The molecule has 3 heteroatoms. The highest BCUT2D eigenvalue weighted by Crippen LogP contribution is 2.25. The molecule has 2 N–H and O–H groups in total. The summed E-state index contributed by atoms with van der Waals surface area (Å²) in [6, 6.07) is 1.39. The predicted molar refractivity (Wildman–Crippen MR) is 75.7 cm³/mol. The van der Waals surface area contributed by atoms with Crippen LogP contribution < -0.4 is 5.32 Å². The number of nitrogens with zero attached hydrogens (tertiary/aromatic N) is 1. The van der Waals surface area contributed by atoms with Gasteiger partial charge in [0.25, 0.3) is 0 Å². The smallest absolute Gasteiger partial charge is 0.0543 e. The van der Waals surface area contributed by atoms with Gasteiger partial charge in [-0.2, -0.15) is 0 Å². The Balaban J connectivity index is 1.67. The van der Waals surface area contributed by atoms with Crippen LogP contribution in [0.15, 0.2) is 0 Å². The van der Waals surface area contributed by atoms with Crippen molar-refractivity contribution >= 4 is 0 Å². The van der Waals surface area contributed by atoms with Crippen LogP contribution in [0.25, 0.3) is 0 Å². The molecule has 3 nitrogen and oxygen atoms in total. The van der Waals surface area contributed by atoms with E-state index in [-0.39, 0.29) is 6.10 Å². The minimum absolute atomic E-state index is 0.0256. The lowest BCUT2D eigenvalue weighted by Crippen LogP contribution is -2.35. The van der Waals surface area contributed by atoms with Gasteiger partial charge >= 0.3 is 0 Å². The maximum atomic E-state index is 9.54. The van der Waals surface area contributed by atoms with Crippen LogP contribution in [0.3, 0.4) is 0 Å². The number of aliphatic hydroxyl groups excluding tert-OH is 1. The molecule has 3 atom stereocenters. The van der Waals surface area contributed by atoms with Crippen molar-refractivity contribution in [3.63, 3.8) is 0 Å². The van der Waals surface area contributed by atoms with Crippen molar-refractivity contribution in [1.82, 2.24) is 10.2 Å². The molecule has 1 aliphatic heterocycles. The molecule has 1 aliphatic carbocycles. The van der Waals surface area contributed by atoms with Crippen LogP contribution in [0.1, 0.15) is 52.4 Å². The molecular formula is C15H30N2O. The average Bonchev–Trinajstić information content (AvgIpc) is 2.62. The van der Waals surface area contributed by atoms with Crippen molar-refractivity contribution < 1.29 is 5.11 Å². The van der Waals surface area contributed by atoms with E-state index in [4.69, 9.17) is 0 Å². The zero-order valence-electron chi connectivity index (χ0n) is 12.1. The highest BCUT2D eigenvalue weighted by atomic mass is 16.3. The number of nitrogens with one attached hydrogen (secondary N) is 1. The van der Waals surface area contributed by atoms with Crippen molar-refractivity contribution in [3.05, 3.63) is 0 Å². The van der Waals surface area contributed by atoms with Crippen molar-refractivity contribution in [1.29, 1.82) is 0 Å². The van der Waals surface area contributed by atoms with Gasteiger partial charge in [-0.25, -0.2) is 0 Å². The standard InChI is InChI=1S/C15H30N2O/c1-12(2)17-8-3-4-14(7-9-17)16-11-13-5-6-15(18)10-13/h12-16,18H,3-11H2,1-2H3. The van der Waals surface area contributed by atoms with Crippen LogP contribution in [0.2, 0.25) is 0 Å². The van der Waals surface area contributed by atoms with Crippen molar-refractivity contribution in [3.8, 4) is 0 Å². The van der Waals surface area contributed by atoms with Gasteiger partial charge in [-0.15, -0.1) is 0 Å². The van der Waals surface area contributed by atoms with Gasteiger partial charge in [0.1, 0.15) is 0 Å². The minimum atomic E-state index is -0.0256. The molecule has 2 aliphatic rings. The number of aliphatic hydroxyl groups is 1. The lowest BCUT2D eigenvalue weighted by atomic mass is 10.1. The fourth-order valence-electron chi connectivity index (χ4n) is 3.41. The second-order valence-corrected chi connectivity index (χ2v) is 6.50. The Hall–Kier alpha value is -0.120. The van der Waals surface area contributed by atoms with Crippen LogP contribution in [0, 0.1) is 5.92 Å². The van der Waals surface area contributed by atoms with E-state index in [1.807, 2.05) is 0 Å². The van der Waals surface area contributed by atoms with Crippen LogP contribution in [-0.2, 0) is 0 Å². The van der Waals surface area contributed by atoms with Gasteiger partial charge in [0.05, 0.1) is 6.10 Å². The zero-order valence-corrected chi connectivity index (χ0v) is 12.1. The summed E-state index contributed by atoms with van der Waals surface area (Å²) in [6.07, 6.45) is 7.13. The molecule has 0 amide bonds. The van der Waals surface area contributed by atoms with Gasteiger partial charge in [0.2, 0.25) is 0 Å².